The maximum Gasteiger partial charge on any atom is 0.266 e. The molecule has 0 aliphatic heterocycles. The molecule has 0 amide bonds. The first-order valence-corrected chi connectivity index (χ1v) is 6.37. The first kappa shape index (κ1) is 13.4. The summed E-state index contributed by atoms with van der Waals surface area (Å²) < 4.78 is 0.808. The Balaban J connectivity index is 2.83. The Morgan fingerprint density at radius 3 is 2.58 bits per heavy atom. The molecule has 19 heavy (non-hydrogen) atoms. The quantitative estimate of drug-likeness (QED) is 0.848. The molecule has 2 aromatic rings. The number of hydrogen-bond donors (Lipinski definition) is 2. The predicted molar refractivity (Wildman–Crippen MR) is 76.1 cm³/mol. The summed E-state index contributed by atoms with van der Waals surface area (Å²) in [6, 6.07) is 6.86. The van der Waals surface area contributed by atoms with E-state index in [0.717, 1.165) is 10.0 Å². The third-order valence-electron chi connectivity index (χ3n) is 2.85. The Bertz CT molecular complexity index is 757. The van der Waals surface area contributed by atoms with E-state index in [1.807, 2.05) is 13.0 Å². The molecule has 0 saturated carbocycles. The van der Waals surface area contributed by atoms with Crippen LogP contribution < -0.4 is 5.56 Å². The van der Waals surface area contributed by atoms with Crippen LogP contribution in [0.2, 0.25) is 0 Å². The van der Waals surface area contributed by atoms with Gasteiger partial charge in [-0.05, 0) is 37.6 Å². The van der Waals surface area contributed by atoms with Gasteiger partial charge in [-0.3, -0.25) is 4.79 Å². The fraction of sp³-hybridized carbons (Fsp3) is 0.143. The Labute approximate surface area is 118 Å². The Morgan fingerprint density at radius 2 is 1.95 bits per heavy atom. The van der Waals surface area contributed by atoms with Crippen LogP contribution in [0.3, 0.4) is 0 Å². The SMILES string of the molecule is Cc1cc(-c2cc(Br)c(C)cc2O)c(C#N)c(=O)[nH]1. The lowest BCUT2D eigenvalue weighted by molar-refractivity contribution is 0.476. The Kier molecular flexibility index (Phi) is 3.45. The van der Waals surface area contributed by atoms with Crippen molar-refractivity contribution in [3.05, 3.63) is 49.8 Å². The number of halogens is 1. The van der Waals surface area contributed by atoms with Crippen LogP contribution in [0.4, 0.5) is 0 Å². The highest BCUT2D eigenvalue weighted by molar-refractivity contribution is 9.10. The van der Waals surface area contributed by atoms with Crippen LogP contribution in [0.5, 0.6) is 5.75 Å². The van der Waals surface area contributed by atoms with Gasteiger partial charge in [-0.25, -0.2) is 0 Å². The van der Waals surface area contributed by atoms with E-state index in [1.54, 1.807) is 25.1 Å². The number of pyridine rings is 1. The van der Waals surface area contributed by atoms with Gasteiger partial charge in [0.05, 0.1) is 0 Å². The third-order valence-corrected chi connectivity index (χ3v) is 3.70. The molecule has 96 valence electrons. The maximum absolute atomic E-state index is 11.8. The van der Waals surface area contributed by atoms with Crippen molar-refractivity contribution in [2.75, 3.05) is 0 Å². The molecule has 4 nitrogen and oxygen atoms in total. The minimum Gasteiger partial charge on any atom is -0.507 e. The molecule has 5 heteroatoms. The van der Waals surface area contributed by atoms with Crippen molar-refractivity contribution < 1.29 is 5.11 Å². The highest BCUT2D eigenvalue weighted by Gasteiger charge is 2.14. The number of nitrogens with zero attached hydrogens (tertiary/aromatic N) is 1. The minimum absolute atomic E-state index is 0.00310. The molecule has 0 atom stereocenters. The van der Waals surface area contributed by atoms with Gasteiger partial charge in [-0.1, -0.05) is 15.9 Å². The number of phenolic OH excluding ortho intramolecular Hbond substituents is 1. The van der Waals surface area contributed by atoms with Crippen molar-refractivity contribution in [2.45, 2.75) is 13.8 Å². The van der Waals surface area contributed by atoms with Gasteiger partial charge in [0, 0.05) is 21.3 Å². The van der Waals surface area contributed by atoms with Crippen LogP contribution in [0.15, 0.2) is 27.5 Å². The second-order valence-electron chi connectivity index (χ2n) is 4.30. The van der Waals surface area contributed by atoms with Crippen molar-refractivity contribution in [1.82, 2.24) is 4.98 Å². The number of rotatable bonds is 1. The van der Waals surface area contributed by atoms with Gasteiger partial charge < -0.3 is 10.1 Å². The zero-order chi connectivity index (χ0) is 14.2. The number of aryl methyl sites for hydroxylation is 2. The van der Waals surface area contributed by atoms with E-state index in [1.165, 1.54) is 0 Å². The highest BCUT2D eigenvalue weighted by atomic mass is 79.9. The van der Waals surface area contributed by atoms with Crippen molar-refractivity contribution in [2.24, 2.45) is 0 Å². The summed E-state index contributed by atoms with van der Waals surface area (Å²) >= 11 is 3.38. The lowest BCUT2D eigenvalue weighted by Crippen LogP contribution is -2.12. The average Bonchev–Trinajstić information content (AvgIpc) is 2.33. The summed E-state index contributed by atoms with van der Waals surface area (Å²) in [6.07, 6.45) is 0. The molecule has 0 saturated heterocycles. The van der Waals surface area contributed by atoms with Gasteiger partial charge >= 0.3 is 0 Å². The molecule has 0 radical (unpaired) electrons. The Morgan fingerprint density at radius 1 is 1.26 bits per heavy atom. The topological polar surface area (TPSA) is 76.9 Å². The highest BCUT2D eigenvalue weighted by Crippen LogP contribution is 2.35. The molecular weight excluding hydrogens is 308 g/mol. The number of benzene rings is 1. The van der Waals surface area contributed by atoms with E-state index in [-0.39, 0.29) is 11.3 Å². The second kappa shape index (κ2) is 4.90. The van der Waals surface area contributed by atoms with Crippen LogP contribution >= 0.6 is 15.9 Å². The molecule has 1 heterocycles. The number of phenols is 1. The first-order chi connectivity index (χ1) is 8.93. The van der Waals surface area contributed by atoms with Crippen molar-refractivity contribution in [3.63, 3.8) is 0 Å². The largest absolute Gasteiger partial charge is 0.507 e. The lowest BCUT2D eigenvalue weighted by atomic mass is 9.99. The molecule has 0 aliphatic carbocycles. The van der Waals surface area contributed by atoms with Gasteiger partial charge in [0.1, 0.15) is 17.4 Å². The number of nitrogens with one attached hydrogen (secondary N) is 1. The normalized spacial score (nSPS) is 10.2. The molecule has 0 unspecified atom stereocenters. The third kappa shape index (κ3) is 2.40. The molecule has 0 bridgehead atoms. The van der Waals surface area contributed by atoms with Crippen LogP contribution in [-0.2, 0) is 0 Å². The van der Waals surface area contributed by atoms with Crippen molar-refractivity contribution in [3.8, 4) is 22.9 Å². The Hall–Kier alpha value is -2.06. The fourth-order valence-corrected chi connectivity index (χ4v) is 2.24. The summed E-state index contributed by atoms with van der Waals surface area (Å²) in [5, 5.41) is 19.1. The summed E-state index contributed by atoms with van der Waals surface area (Å²) in [5.74, 6) is 0.0437. The average molecular weight is 319 g/mol. The molecular formula is C14H11BrN2O2. The first-order valence-electron chi connectivity index (χ1n) is 5.57. The zero-order valence-electron chi connectivity index (χ0n) is 10.4. The monoisotopic (exact) mass is 318 g/mol. The predicted octanol–water partition coefficient (Wildman–Crippen LogP) is 3.00. The standard InChI is InChI=1S/C14H11BrN2O2/c1-7-3-13(18)10(5-12(7)15)9-4-8(2)17-14(19)11(9)6-16/h3-5,18H,1-2H3,(H,17,19). The summed E-state index contributed by atoms with van der Waals surface area (Å²) in [6.45, 7) is 3.58. The maximum atomic E-state index is 11.8. The second-order valence-corrected chi connectivity index (χ2v) is 5.15. The molecule has 0 aliphatic rings. The number of aromatic amines is 1. The van der Waals surface area contributed by atoms with Crippen LogP contribution in [0.25, 0.3) is 11.1 Å². The summed E-state index contributed by atoms with van der Waals surface area (Å²) in [7, 11) is 0. The molecule has 1 aromatic heterocycles. The van der Waals surface area contributed by atoms with Gasteiger partial charge in [-0.15, -0.1) is 0 Å². The molecule has 2 N–H and O–H groups in total. The van der Waals surface area contributed by atoms with E-state index in [0.29, 0.717) is 16.8 Å². The van der Waals surface area contributed by atoms with E-state index >= 15 is 0 Å². The molecule has 1 aromatic carbocycles. The summed E-state index contributed by atoms with van der Waals surface area (Å²) in [5.41, 5.74) is 1.95. The van der Waals surface area contributed by atoms with Gasteiger partial charge in [-0.2, -0.15) is 5.26 Å². The van der Waals surface area contributed by atoms with E-state index in [9.17, 15) is 9.90 Å². The van der Waals surface area contributed by atoms with Gasteiger partial charge in [0.25, 0.3) is 5.56 Å². The van der Waals surface area contributed by atoms with Crippen LogP contribution in [0, 0.1) is 25.2 Å². The fourth-order valence-electron chi connectivity index (χ4n) is 1.89. The number of nitriles is 1. The van der Waals surface area contributed by atoms with E-state index in [2.05, 4.69) is 20.9 Å². The minimum atomic E-state index is -0.450. The van der Waals surface area contributed by atoms with Crippen LogP contribution in [-0.4, -0.2) is 10.1 Å². The van der Waals surface area contributed by atoms with Crippen molar-refractivity contribution in [1.29, 1.82) is 5.26 Å². The zero-order valence-corrected chi connectivity index (χ0v) is 12.0. The van der Waals surface area contributed by atoms with Gasteiger partial charge in [0.15, 0.2) is 0 Å². The number of H-pyrrole nitrogens is 1. The molecule has 2 rings (SSSR count). The summed E-state index contributed by atoms with van der Waals surface area (Å²) in [4.78, 5) is 14.3. The lowest BCUT2D eigenvalue weighted by Gasteiger charge is -2.10. The van der Waals surface area contributed by atoms with Crippen molar-refractivity contribution >= 4 is 15.9 Å². The molecule has 0 spiro atoms. The number of hydrogen-bond acceptors (Lipinski definition) is 3. The van der Waals surface area contributed by atoms with Gasteiger partial charge in [0.2, 0.25) is 0 Å². The molecule has 0 fully saturated rings. The van der Waals surface area contributed by atoms with E-state index < -0.39 is 5.56 Å². The smallest absolute Gasteiger partial charge is 0.266 e. The van der Waals surface area contributed by atoms with Crippen LogP contribution in [0.1, 0.15) is 16.8 Å². The number of aromatic hydroxyl groups is 1. The van der Waals surface area contributed by atoms with E-state index in [4.69, 9.17) is 5.26 Å². The number of aromatic nitrogens is 1.